The largest absolute Gasteiger partial charge is 0.400 e. The Labute approximate surface area is 214 Å². The second kappa shape index (κ2) is 12.2. The number of aliphatic imine (C=N–C) groups is 1. The standard InChI is InChI=1S/C25H28N6O.C4H10/c1-14-9-10-20-19(12-29-31-20)21(14)23(22(27)15(2)24(28)32)30-16(3)17-7-6-8-18(11-17)25(4,5)13-26;1-3-4-2/h6-12,15H,27H2,1-5H3,(H2,28,32)(H,29,31);3-4H2,1-2H3/b23-22+,30-16?;. The van der Waals surface area contributed by atoms with Crippen LogP contribution in [0.3, 0.4) is 0 Å². The van der Waals surface area contributed by atoms with Crippen LogP contribution in [0, 0.1) is 24.2 Å². The van der Waals surface area contributed by atoms with Gasteiger partial charge in [0, 0.05) is 22.4 Å². The summed E-state index contributed by atoms with van der Waals surface area (Å²) >= 11 is 0. The first-order valence-electron chi connectivity index (χ1n) is 12.3. The molecule has 7 heteroatoms. The molecule has 0 aliphatic heterocycles. The lowest BCUT2D eigenvalue weighted by atomic mass is 9.85. The van der Waals surface area contributed by atoms with Crippen LogP contribution >= 0.6 is 0 Å². The molecule has 3 aromatic rings. The Morgan fingerprint density at radius 2 is 1.86 bits per heavy atom. The smallest absolute Gasteiger partial charge is 0.226 e. The van der Waals surface area contributed by atoms with E-state index in [0.717, 1.165) is 33.2 Å². The van der Waals surface area contributed by atoms with Gasteiger partial charge in [-0.3, -0.25) is 14.9 Å². The van der Waals surface area contributed by atoms with E-state index in [1.54, 1.807) is 13.1 Å². The molecule has 7 nitrogen and oxygen atoms in total. The van der Waals surface area contributed by atoms with Gasteiger partial charge in [0.25, 0.3) is 0 Å². The fourth-order valence-corrected chi connectivity index (χ4v) is 3.49. The van der Waals surface area contributed by atoms with Crippen LogP contribution in [0.15, 0.2) is 53.3 Å². The summed E-state index contributed by atoms with van der Waals surface area (Å²) in [5.41, 5.74) is 17.2. The van der Waals surface area contributed by atoms with Crippen molar-refractivity contribution in [2.24, 2.45) is 22.4 Å². The van der Waals surface area contributed by atoms with Gasteiger partial charge < -0.3 is 11.5 Å². The molecule has 0 fully saturated rings. The van der Waals surface area contributed by atoms with Gasteiger partial charge >= 0.3 is 0 Å². The van der Waals surface area contributed by atoms with E-state index in [1.165, 1.54) is 12.8 Å². The highest BCUT2D eigenvalue weighted by molar-refractivity contribution is 6.04. The first kappa shape index (κ1) is 28.3. The van der Waals surface area contributed by atoms with Gasteiger partial charge in [0.05, 0.1) is 34.8 Å². The lowest BCUT2D eigenvalue weighted by molar-refractivity contribution is -0.120. The van der Waals surface area contributed by atoms with E-state index in [1.807, 2.05) is 64.1 Å². The highest BCUT2D eigenvalue weighted by atomic mass is 16.1. The predicted octanol–water partition coefficient (Wildman–Crippen LogP) is 5.74. The molecule has 1 atom stereocenters. The maximum atomic E-state index is 11.9. The molecule has 1 unspecified atom stereocenters. The Balaban J connectivity index is 0.00000106. The van der Waals surface area contributed by atoms with Crippen LogP contribution in [0.25, 0.3) is 16.6 Å². The fraction of sp³-hybridized carbons (Fsp3) is 0.379. The van der Waals surface area contributed by atoms with Crippen molar-refractivity contribution in [1.29, 1.82) is 5.26 Å². The number of amides is 1. The Bertz CT molecular complexity index is 1320. The highest BCUT2D eigenvalue weighted by Crippen LogP contribution is 2.32. The molecule has 1 amide bonds. The number of nitrogens with zero attached hydrogens (tertiary/aromatic N) is 3. The zero-order chi connectivity index (χ0) is 27.0. The third-order valence-electron chi connectivity index (χ3n) is 6.30. The van der Waals surface area contributed by atoms with Gasteiger partial charge in [-0.1, -0.05) is 51.0 Å². The Morgan fingerprint density at radius 1 is 1.19 bits per heavy atom. The van der Waals surface area contributed by atoms with Crippen LogP contribution in [0.5, 0.6) is 0 Å². The number of hydrogen-bond acceptors (Lipinski definition) is 5. The number of aryl methyl sites for hydroxylation is 1. The number of nitriles is 1. The summed E-state index contributed by atoms with van der Waals surface area (Å²) in [6, 6.07) is 14.0. The van der Waals surface area contributed by atoms with E-state index < -0.39 is 17.2 Å². The number of H-pyrrole nitrogens is 1. The third kappa shape index (κ3) is 6.39. The topological polar surface area (TPSA) is 134 Å². The average molecular weight is 487 g/mol. The molecule has 0 aliphatic rings. The molecule has 1 heterocycles. The van der Waals surface area contributed by atoms with Crippen molar-refractivity contribution in [3.63, 3.8) is 0 Å². The van der Waals surface area contributed by atoms with E-state index in [9.17, 15) is 10.1 Å². The number of rotatable bonds is 7. The maximum absolute atomic E-state index is 11.9. The zero-order valence-electron chi connectivity index (χ0n) is 22.4. The number of fused-ring (bicyclic) bond motifs is 1. The molecule has 0 spiro atoms. The first-order chi connectivity index (χ1) is 17.0. The van der Waals surface area contributed by atoms with Crippen LogP contribution in [0.2, 0.25) is 0 Å². The summed E-state index contributed by atoms with van der Waals surface area (Å²) in [6.45, 7) is 13.6. The van der Waals surface area contributed by atoms with Gasteiger partial charge in [-0.25, -0.2) is 0 Å². The molecule has 2 aromatic carbocycles. The van der Waals surface area contributed by atoms with Gasteiger partial charge in [-0.15, -0.1) is 0 Å². The van der Waals surface area contributed by atoms with Gasteiger partial charge in [0.1, 0.15) is 0 Å². The van der Waals surface area contributed by atoms with Crippen molar-refractivity contribution in [2.75, 3.05) is 0 Å². The molecule has 0 bridgehead atoms. The monoisotopic (exact) mass is 486 g/mol. The number of carbonyl (C=O) groups is 1. The second-order valence-electron chi connectivity index (χ2n) is 9.53. The number of carbonyl (C=O) groups excluding carboxylic acids is 1. The summed E-state index contributed by atoms with van der Waals surface area (Å²) < 4.78 is 0. The van der Waals surface area contributed by atoms with Crippen LogP contribution in [0.4, 0.5) is 0 Å². The summed E-state index contributed by atoms with van der Waals surface area (Å²) in [6.07, 6.45) is 4.36. The summed E-state index contributed by atoms with van der Waals surface area (Å²) in [5.74, 6) is -1.23. The number of hydrogen-bond donors (Lipinski definition) is 3. The minimum Gasteiger partial charge on any atom is -0.400 e. The van der Waals surface area contributed by atoms with Gasteiger partial charge in [0.2, 0.25) is 5.91 Å². The number of benzene rings is 2. The van der Waals surface area contributed by atoms with Gasteiger partial charge in [-0.05, 0) is 63.4 Å². The van der Waals surface area contributed by atoms with Crippen LogP contribution in [-0.2, 0) is 10.2 Å². The second-order valence-corrected chi connectivity index (χ2v) is 9.53. The predicted molar refractivity (Wildman–Crippen MR) is 148 cm³/mol. The highest BCUT2D eigenvalue weighted by Gasteiger charge is 2.22. The maximum Gasteiger partial charge on any atom is 0.226 e. The van der Waals surface area contributed by atoms with E-state index in [2.05, 4.69) is 30.1 Å². The molecule has 3 rings (SSSR count). The molecule has 190 valence electrons. The van der Waals surface area contributed by atoms with Crippen molar-refractivity contribution in [3.05, 3.63) is 70.5 Å². The molecular formula is C29H38N6O. The van der Waals surface area contributed by atoms with Crippen LogP contribution < -0.4 is 11.5 Å². The van der Waals surface area contributed by atoms with E-state index in [0.29, 0.717) is 17.1 Å². The van der Waals surface area contributed by atoms with E-state index >= 15 is 0 Å². The Kier molecular flexibility index (Phi) is 9.57. The van der Waals surface area contributed by atoms with Crippen molar-refractivity contribution >= 4 is 28.2 Å². The Morgan fingerprint density at radius 3 is 2.44 bits per heavy atom. The number of aromatic nitrogens is 2. The summed E-state index contributed by atoms with van der Waals surface area (Å²) in [7, 11) is 0. The fourth-order valence-electron chi connectivity index (χ4n) is 3.49. The number of aromatic amines is 1. The van der Waals surface area contributed by atoms with Crippen molar-refractivity contribution in [1.82, 2.24) is 10.2 Å². The molecule has 0 saturated carbocycles. The SMILES string of the molecule is CC(=N/C(=C(/N)C(C)C(N)=O)c1c(C)ccc2[nH]ncc12)c1cccc(C(C)(C)C#N)c1.CCCC. The van der Waals surface area contributed by atoms with Gasteiger partial charge in [0.15, 0.2) is 0 Å². The minimum atomic E-state index is -0.702. The van der Waals surface area contributed by atoms with E-state index in [4.69, 9.17) is 16.5 Å². The summed E-state index contributed by atoms with van der Waals surface area (Å²) in [5, 5.41) is 17.5. The number of primary amides is 1. The van der Waals surface area contributed by atoms with Crippen molar-refractivity contribution in [2.45, 2.75) is 66.7 Å². The number of nitrogens with two attached hydrogens (primary N) is 2. The zero-order valence-corrected chi connectivity index (χ0v) is 22.4. The summed E-state index contributed by atoms with van der Waals surface area (Å²) in [4.78, 5) is 16.8. The number of unbranched alkanes of at least 4 members (excludes halogenated alkanes) is 1. The first-order valence-corrected chi connectivity index (χ1v) is 12.3. The molecule has 0 radical (unpaired) electrons. The molecular weight excluding hydrogens is 448 g/mol. The minimum absolute atomic E-state index is 0.294. The van der Waals surface area contributed by atoms with Crippen LogP contribution in [0.1, 0.15) is 76.6 Å². The Hall–Kier alpha value is -3.92. The quantitative estimate of drug-likeness (QED) is 0.367. The van der Waals surface area contributed by atoms with E-state index in [-0.39, 0.29) is 0 Å². The molecule has 36 heavy (non-hydrogen) atoms. The normalized spacial score (nSPS) is 13.3. The van der Waals surface area contributed by atoms with Crippen molar-refractivity contribution in [3.8, 4) is 6.07 Å². The van der Waals surface area contributed by atoms with Crippen LogP contribution in [-0.4, -0.2) is 21.8 Å². The lowest BCUT2D eigenvalue weighted by Gasteiger charge is -2.18. The molecule has 5 N–H and O–H groups in total. The van der Waals surface area contributed by atoms with Crippen molar-refractivity contribution < 1.29 is 4.79 Å². The molecule has 0 saturated heterocycles. The number of nitrogens with one attached hydrogen (secondary N) is 1. The van der Waals surface area contributed by atoms with Gasteiger partial charge in [-0.2, -0.15) is 10.4 Å². The lowest BCUT2D eigenvalue weighted by Crippen LogP contribution is -2.26. The molecule has 1 aromatic heterocycles. The third-order valence-corrected chi connectivity index (χ3v) is 6.30. The molecule has 0 aliphatic carbocycles. The average Bonchev–Trinajstić information content (AvgIpc) is 3.35.